The highest BCUT2D eigenvalue weighted by Crippen LogP contribution is 2.26. The molecule has 3 rings (SSSR count). The van der Waals surface area contributed by atoms with Gasteiger partial charge in [0, 0.05) is 25.4 Å². The normalized spacial score (nSPS) is 13.0. The molecule has 0 aliphatic carbocycles. The van der Waals surface area contributed by atoms with Crippen LogP contribution in [-0.4, -0.2) is 54.7 Å². The summed E-state index contributed by atoms with van der Waals surface area (Å²) in [7, 11) is 3.88. The van der Waals surface area contributed by atoms with Crippen molar-refractivity contribution in [3.8, 4) is 11.8 Å². The van der Waals surface area contributed by atoms with Crippen molar-refractivity contribution in [2.75, 3.05) is 44.0 Å². The highest BCUT2D eigenvalue weighted by atomic mass is 16.5. The van der Waals surface area contributed by atoms with Crippen molar-refractivity contribution in [3.05, 3.63) is 41.7 Å². The minimum atomic E-state index is -0.300. The minimum absolute atomic E-state index is 0.300. The third-order valence-corrected chi connectivity index (χ3v) is 4.21. The molecule has 1 aliphatic heterocycles. The van der Waals surface area contributed by atoms with Gasteiger partial charge in [-0.1, -0.05) is 6.07 Å². The summed E-state index contributed by atoms with van der Waals surface area (Å²) in [6.07, 6.45) is 4.88. The molecule has 2 aromatic rings. The van der Waals surface area contributed by atoms with Crippen LogP contribution in [0.15, 0.2) is 30.6 Å². The number of aryl methyl sites for hydroxylation is 1. The smallest absolute Gasteiger partial charge is 0.328 e. The zero-order chi connectivity index (χ0) is 19.2. The maximum atomic E-state index is 12.7. The lowest BCUT2D eigenvalue weighted by atomic mass is 10.1. The van der Waals surface area contributed by atoms with E-state index in [4.69, 9.17) is 4.74 Å². The maximum Gasteiger partial charge on any atom is 0.328 e. The van der Waals surface area contributed by atoms with Crippen molar-refractivity contribution in [2.24, 2.45) is 0 Å². The highest BCUT2D eigenvalue weighted by molar-refractivity contribution is 6.01. The summed E-state index contributed by atoms with van der Waals surface area (Å²) in [6, 6.07) is 7.19. The number of anilines is 2. The van der Waals surface area contributed by atoms with Crippen LogP contribution >= 0.6 is 0 Å². The standard InChI is InChI=1S/C19H22N6O2/c1-24(2)9-10-27-16-11-17(22-13-15(16)12-20)23-19(26)25-8-4-6-14-5-3-7-21-18(14)25/h3,5,7,11,13H,4,6,8-10H2,1-2H3,(H,22,23,26). The molecule has 1 aliphatic rings. The molecule has 3 heterocycles. The van der Waals surface area contributed by atoms with Gasteiger partial charge >= 0.3 is 6.03 Å². The largest absolute Gasteiger partial charge is 0.491 e. The molecular formula is C19H22N6O2. The summed E-state index contributed by atoms with van der Waals surface area (Å²) < 4.78 is 5.68. The van der Waals surface area contributed by atoms with Crippen molar-refractivity contribution in [1.29, 1.82) is 5.26 Å². The second kappa shape index (κ2) is 8.47. The van der Waals surface area contributed by atoms with Crippen LogP contribution in [0.5, 0.6) is 5.75 Å². The average molecular weight is 366 g/mol. The predicted octanol–water partition coefficient (Wildman–Crippen LogP) is 2.27. The molecule has 140 valence electrons. The summed E-state index contributed by atoms with van der Waals surface area (Å²) >= 11 is 0. The van der Waals surface area contributed by atoms with Gasteiger partial charge < -0.3 is 9.64 Å². The number of amides is 2. The van der Waals surface area contributed by atoms with Gasteiger partial charge in [-0.2, -0.15) is 5.26 Å². The van der Waals surface area contributed by atoms with Gasteiger partial charge in [-0.15, -0.1) is 0 Å². The first-order valence-electron chi connectivity index (χ1n) is 8.78. The highest BCUT2D eigenvalue weighted by Gasteiger charge is 2.24. The molecule has 0 atom stereocenters. The van der Waals surface area contributed by atoms with Crippen molar-refractivity contribution in [2.45, 2.75) is 12.8 Å². The van der Waals surface area contributed by atoms with E-state index in [-0.39, 0.29) is 6.03 Å². The lowest BCUT2D eigenvalue weighted by Gasteiger charge is -2.28. The molecule has 0 spiro atoms. The van der Waals surface area contributed by atoms with E-state index >= 15 is 0 Å². The Hall–Kier alpha value is -3.18. The Morgan fingerprint density at radius 3 is 3.07 bits per heavy atom. The number of nitrogens with one attached hydrogen (secondary N) is 1. The molecule has 8 nitrogen and oxygen atoms in total. The predicted molar refractivity (Wildman–Crippen MR) is 102 cm³/mol. The molecule has 2 aromatic heterocycles. The Bertz CT molecular complexity index is 862. The number of hydrogen-bond acceptors (Lipinski definition) is 6. The second-order valence-electron chi connectivity index (χ2n) is 6.50. The van der Waals surface area contributed by atoms with Crippen molar-refractivity contribution in [1.82, 2.24) is 14.9 Å². The number of fused-ring (bicyclic) bond motifs is 1. The number of hydrogen-bond donors (Lipinski definition) is 1. The zero-order valence-corrected chi connectivity index (χ0v) is 15.5. The Kier molecular flexibility index (Phi) is 5.84. The number of nitrogens with zero attached hydrogens (tertiary/aromatic N) is 5. The van der Waals surface area contributed by atoms with Crippen LogP contribution in [-0.2, 0) is 6.42 Å². The van der Waals surface area contributed by atoms with Crippen LogP contribution in [0.2, 0.25) is 0 Å². The van der Waals surface area contributed by atoms with Crippen LogP contribution < -0.4 is 15.0 Å². The van der Waals surface area contributed by atoms with Gasteiger partial charge in [-0.3, -0.25) is 10.2 Å². The van der Waals surface area contributed by atoms with Gasteiger partial charge in [-0.05, 0) is 38.6 Å². The molecule has 0 bridgehead atoms. The summed E-state index contributed by atoms with van der Waals surface area (Å²) in [5.74, 6) is 1.42. The molecule has 0 saturated heterocycles. The van der Waals surface area contributed by atoms with E-state index in [0.717, 1.165) is 18.4 Å². The fraction of sp³-hybridized carbons (Fsp3) is 0.368. The van der Waals surface area contributed by atoms with Gasteiger partial charge in [0.25, 0.3) is 0 Å². The number of aromatic nitrogens is 2. The summed E-state index contributed by atoms with van der Waals surface area (Å²) in [5.41, 5.74) is 1.39. The fourth-order valence-corrected chi connectivity index (χ4v) is 2.82. The summed E-state index contributed by atoms with van der Waals surface area (Å²) in [5, 5.41) is 12.0. The second-order valence-corrected chi connectivity index (χ2v) is 6.50. The molecule has 1 N–H and O–H groups in total. The van der Waals surface area contributed by atoms with Crippen LogP contribution in [0.1, 0.15) is 17.5 Å². The Balaban J connectivity index is 1.74. The Morgan fingerprint density at radius 2 is 2.30 bits per heavy atom. The van der Waals surface area contributed by atoms with Crippen molar-refractivity contribution in [3.63, 3.8) is 0 Å². The first-order chi connectivity index (χ1) is 13.1. The number of pyridine rings is 2. The Morgan fingerprint density at radius 1 is 1.44 bits per heavy atom. The van der Waals surface area contributed by atoms with Gasteiger partial charge in [0.05, 0.1) is 6.20 Å². The molecule has 27 heavy (non-hydrogen) atoms. The molecule has 0 unspecified atom stereocenters. The number of rotatable bonds is 5. The van der Waals surface area contributed by atoms with E-state index < -0.39 is 0 Å². The molecule has 0 fully saturated rings. The number of carbonyl (C=O) groups is 1. The maximum absolute atomic E-state index is 12.7. The van der Waals surface area contributed by atoms with Crippen molar-refractivity contribution < 1.29 is 9.53 Å². The van der Waals surface area contributed by atoms with Gasteiger partial charge in [0.15, 0.2) is 0 Å². The van der Waals surface area contributed by atoms with Gasteiger partial charge in [0.2, 0.25) is 0 Å². The van der Waals surface area contributed by atoms with E-state index in [1.165, 1.54) is 6.20 Å². The lowest BCUT2D eigenvalue weighted by molar-refractivity contribution is 0.256. The molecule has 2 amide bonds. The number of likely N-dealkylation sites (N-methyl/N-ethyl adjacent to an activating group) is 1. The molecule has 0 aromatic carbocycles. The topological polar surface area (TPSA) is 94.4 Å². The van der Waals surface area contributed by atoms with Crippen LogP contribution in [0, 0.1) is 11.3 Å². The number of urea groups is 1. The first-order valence-corrected chi connectivity index (χ1v) is 8.78. The van der Waals surface area contributed by atoms with Crippen LogP contribution in [0.3, 0.4) is 0 Å². The van der Waals surface area contributed by atoms with E-state index in [2.05, 4.69) is 21.4 Å². The first kappa shape index (κ1) is 18.6. The van der Waals surface area contributed by atoms with E-state index in [0.29, 0.717) is 42.6 Å². The van der Waals surface area contributed by atoms with Crippen molar-refractivity contribution >= 4 is 17.7 Å². The monoisotopic (exact) mass is 366 g/mol. The Labute approximate surface area is 158 Å². The van der Waals surface area contributed by atoms with E-state index in [1.807, 2.05) is 31.1 Å². The molecular weight excluding hydrogens is 344 g/mol. The lowest BCUT2D eigenvalue weighted by Crippen LogP contribution is -2.39. The summed E-state index contributed by atoms with van der Waals surface area (Å²) in [6.45, 7) is 1.74. The van der Waals surface area contributed by atoms with E-state index in [9.17, 15) is 10.1 Å². The third kappa shape index (κ3) is 4.51. The minimum Gasteiger partial charge on any atom is -0.491 e. The average Bonchev–Trinajstić information content (AvgIpc) is 2.67. The van der Waals surface area contributed by atoms with Crippen LogP contribution in [0.25, 0.3) is 0 Å². The number of nitriles is 1. The third-order valence-electron chi connectivity index (χ3n) is 4.21. The number of ether oxygens (including phenoxy) is 1. The van der Waals surface area contributed by atoms with Gasteiger partial charge in [-0.25, -0.2) is 14.8 Å². The quantitative estimate of drug-likeness (QED) is 0.872. The SMILES string of the molecule is CN(C)CCOc1cc(NC(=O)N2CCCc3cccnc32)ncc1C#N. The molecule has 0 saturated carbocycles. The van der Waals surface area contributed by atoms with E-state index in [1.54, 1.807) is 17.2 Å². The van der Waals surface area contributed by atoms with Crippen LogP contribution in [0.4, 0.5) is 16.4 Å². The fourth-order valence-electron chi connectivity index (χ4n) is 2.82. The molecule has 8 heteroatoms. The summed E-state index contributed by atoms with van der Waals surface area (Å²) in [4.78, 5) is 24.8. The van der Waals surface area contributed by atoms with Gasteiger partial charge in [0.1, 0.15) is 35.6 Å². The number of carbonyl (C=O) groups excluding carboxylic acids is 1. The molecule has 0 radical (unpaired) electrons. The zero-order valence-electron chi connectivity index (χ0n) is 15.5.